The summed E-state index contributed by atoms with van der Waals surface area (Å²) in [7, 11) is 0. The molecule has 3 nitrogen and oxygen atoms in total. The number of hydrogen-bond donors (Lipinski definition) is 2. The third kappa shape index (κ3) is 6.05. The van der Waals surface area contributed by atoms with Gasteiger partial charge in [0.1, 0.15) is 0 Å². The topological polar surface area (TPSA) is 38.2 Å². The molecule has 0 radical (unpaired) electrons. The predicted octanol–water partition coefficient (Wildman–Crippen LogP) is 1.38. The minimum atomic E-state index is 0.516. The van der Waals surface area contributed by atoms with Gasteiger partial charge in [-0.2, -0.15) is 11.4 Å². The van der Waals surface area contributed by atoms with Gasteiger partial charge in [0.15, 0.2) is 0 Å². The molecule has 0 rings (SSSR count). The van der Waals surface area contributed by atoms with Crippen molar-refractivity contribution < 1.29 is 0 Å². The summed E-state index contributed by atoms with van der Waals surface area (Å²) in [5.41, 5.74) is 6.25. The lowest BCUT2D eigenvalue weighted by Crippen LogP contribution is -2.20. The van der Waals surface area contributed by atoms with Crippen LogP contribution in [-0.2, 0) is 0 Å². The molecule has 0 saturated carbocycles. The third-order valence-corrected chi connectivity index (χ3v) is 1.10. The molecule has 0 aliphatic heterocycles. The van der Waals surface area contributed by atoms with Crippen molar-refractivity contribution in [2.24, 2.45) is 5.92 Å². The number of nitrogens with one attached hydrogen (secondary N) is 2. The Morgan fingerprint density at radius 3 is 2.89 bits per heavy atom. The lowest BCUT2D eigenvalue weighted by atomic mass is 10.1. The summed E-state index contributed by atoms with van der Waals surface area (Å²) in [6, 6.07) is 0. The van der Waals surface area contributed by atoms with Gasteiger partial charge < -0.3 is 17.9 Å². The Balaban J connectivity index is 2.88. The van der Waals surface area contributed by atoms with Crippen LogP contribution < -0.4 is 10.5 Å². The molecule has 0 saturated heterocycles. The van der Waals surface area contributed by atoms with Crippen LogP contribution in [0.5, 0.6) is 0 Å². The molecule has 0 amide bonds. The van der Waals surface area contributed by atoms with Crippen LogP contribution in [0.4, 0.5) is 0 Å². The first kappa shape index (κ1) is 9.17. The van der Waals surface area contributed by atoms with Crippen molar-refractivity contribution in [3.63, 3.8) is 0 Å². The van der Waals surface area contributed by atoms with Gasteiger partial charge in [-0.05, 0) is 11.8 Å². The van der Waals surface area contributed by atoms with Gasteiger partial charge in [0, 0.05) is 0 Å². The SMILES string of the molecule is [CH2-]CC(C)C[N-]NNCl. The summed E-state index contributed by atoms with van der Waals surface area (Å²) in [5.74, 6) is 0.516. The zero-order valence-electron chi connectivity index (χ0n) is 5.52. The maximum absolute atomic E-state index is 5.06. The van der Waals surface area contributed by atoms with E-state index >= 15 is 0 Å². The standard InChI is InChI=1S/C5H12ClN3/c1-3-5(2)4-7-9-8-6/h5,8-9H,1,3-4H2,2H3/q-2. The van der Waals surface area contributed by atoms with E-state index in [0.29, 0.717) is 5.92 Å². The molecule has 9 heavy (non-hydrogen) atoms. The molecule has 0 aliphatic carbocycles. The van der Waals surface area contributed by atoms with Gasteiger partial charge in [-0.25, -0.2) is 0 Å². The summed E-state index contributed by atoms with van der Waals surface area (Å²) >= 11 is 5.06. The second kappa shape index (κ2) is 6.29. The van der Waals surface area contributed by atoms with E-state index in [9.17, 15) is 0 Å². The quantitative estimate of drug-likeness (QED) is 0.268. The molecule has 0 aromatic rings. The Hall–Kier alpha value is 0.170. The molecular weight excluding hydrogens is 138 g/mol. The Bertz CT molecular complexity index is 60.2. The molecule has 1 atom stereocenters. The van der Waals surface area contributed by atoms with Gasteiger partial charge in [0.25, 0.3) is 0 Å². The molecule has 2 N–H and O–H groups in total. The molecule has 56 valence electrons. The first-order valence-electron chi connectivity index (χ1n) is 2.87. The zero-order valence-corrected chi connectivity index (χ0v) is 6.28. The van der Waals surface area contributed by atoms with E-state index in [1.807, 2.05) is 0 Å². The van der Waals surface area contributed by atoms with Crippen molar-refractivity contribution in [1.82, 2.24) is 10.5 Å². The summed E-state index contributed by atoms with van der Waals surface area (Å²) < 4.78 is 0. The molecule has 0 aromatic heterocycles. The molecule has 0 fully saturated rings. The molecule has 0 aliphatic rings. The predicted molar refractivity (Wildman–Crippen MR) is 39.5 cm³/mol. The Morgan fingerprint density at radius 1 is 1.78 bits per heavy atom. The molecule has 0 bridgehead atoms. The van der Waals surface area contributed by atoms with Crippen LogP contribution >= 0.6 is 11.8 Å². The summed E-state index contributed by atoms with van der Waals surface area (Å²) in [5, 5.41) is 0. The molecule has 0 spiro atoms. The van der Waals surface area contributed by atoms with Crippen LogP contribution in [0.15, 0.2) is 0 Å². The van der Waals surface area contributed by atoms with E-state index in [4.69, 9.17) is 11.8 Å². The smallest absolute Gasteiger partial charge is 0.0102 e. The van der Waals surface area contributed by atoms with Crippen LogP contribution in [0.25, 0.3) is 5.43 Å². The number of hydrazine groups is 1. The number of halogens is 1. The highest BCUT2D eigenvalue weighted by molar-refractivity contribution is 6.13. The molecule has 1 unspecified atom stereocenters. The van der Waals surface area contributed by atoms with Gasteiger partial charge >= 0.3 is 0 Å². The second-order valence-corrected chi connectivity index (χ2v) is 2.13. The van der Waals surface area contributed by atoms with Crippen molar-refractivity contribution in [1.29, 1.82) is 0 Å². The van der Waals surface area contributed by atoms with Crippen LogP contribution in [0.3, 0.4) is 0 Å². The lowest BCUT2D eigenvalue weighted by Gasteiger charge is -2.24. The average Bonchev–Trinajstić information content (AvgIpc) is 1.89. The van der Waals surface area contributed by atoms with E-state index in [1.54, 1.807) is 0 Å². The highest BCUT2D eigenvalue weighted by atomic mass is 35.5. The van der Waals surface area contributed by atoms with Gasteiger partial charge in [0.05, 0.1) is 0 Å². The van der Waals surface area contributed by atoms with Crippen molar-refractivity contribution in [2.75, 3.05) is 6.54 Å². The first-order valence-corrected chi connectivity index (χ1v) is 3.25. The van der Waals surface area contributed by atoms with Crippen molar-refractivity contribution >= 4 is 11.8 Å². The Kier molecular flexibility index (Phi) is 6.41. The first-order chi connectivity index (χ1) is 4.31. The van der Waals surface area contributed by atoms with E-state index in [2.05, 4.69) is 29.8 Å². The monoisotopic (exact) mass is 149 g/mol. The van der Waals surface area contributed by atoms with Crippen LogP contribution in [0.2, 0.25) is 0 Å². The van der Waals surface area contributed by atoms with Crippen LogP contribution in [0, 0.1) is 12.8 Å². The Morgan fingerprint density at radius 2 is 2.44 bits per heavy atom. The van der Waals surface area contributed by atoms with E-state index < -0.39 is 0 Å². The fourth-order valence-electron chi connectivity index (χ4n) is 0.323. The van der Waals surface area contributed by atoms with Crippen LogP contribution in [0.1, 0.15) is 13.3 Å². The van der Waals surface area contributed by atoms with Crippen molar-refractivity contribution in [3.05, 3.63) is 12.3 Å². The summed E-state index contributed by atoms with van der Waals surface area (Å²) in [6.07, 6.45) is 0.896. The highest BCUT2D eigenvalue weighted by Gasteiger charge is 1.82. The minimum absolute atomic E-state index is 0.516. The summed E-state index contributed by atoms with van der Waals surface area (Å²) in [6.45, 7) is 6.54. The zero-order chi connectivity index (χ0) is 7.11. The van der Waals surface area contributed by atoms with E-state index in [1.165, 1.54) is 0 Å². The fourth-order valence-corrected chi connectivity index (χ4v) is 0.382. The summed E-state index contributed by atoms with van der Waals surface area (Å²) in [4.78, 5) is 2.18. The average molecular weight is 150 g/mol. The molecule has 0 aromatic carbocycles. The van der Waals surface area contributed by atoms with Crippen molar-refractivity contribution in [3.8, 4) is 0 Å². The normalized spacial score (nSPS) is 13.7. The molecule has 4 heteroatoms. The number of nitrogens with zero attached hydrogens (tertiary/aromatic N) is 1. The maximum Gasteiger partial charge on any atom is -0.0102 e. The Labute approximate surface area is 61.2 Å². The van der Waals surface area contributed by atoms with E-state index in [0.717, 1.165) is 13.0 Å². The maximum atomic E-state index is 5.06. The largest absolute Gasteiger partial charge is 0.581 e. The highest BCUT2D eigenvalue weighted by Crippen LogP contribution is 2.00. The number of rotatable bonds is 5. The van der Waals surface area contributed by atoms with E-state index in [-0.39, 0.29) is 0 Å². The minimum Gasteiger partial charge on any atom is -0.581 e. The van der Waals surface area contributed by atoms with Gasteiger partial charge in [0.2, 0.25) is 0 Å². The third-order valence-electron chi connectivity index (χ3n) is 1.02. The van der Waals surface area contributed by atoms with Gasteiger partial charge in [-0.1, -0.05) is 12.8 Å². The van der Waals surface area contributed by atoms with Crippen molar-refractivity contribution in [2.45, 2.75) is 13.3 Å². The van der Waals surface area contributed by atoms with Gasteiger partial charge in [-0.15, -0.1) is 6.54 Å². The lowest BCUT2D eigenvalue weighted by molar-refractivity contribution is 0.599. The second-order valence-electron chi connectivity index (χ2n) is 1.94. The number of hydrogen-bond acceptors (Lipinski definition) is 2. The molecule has 0 heterocycles. The fraction of sp³-hybridized carbons (Fsp3) is 0.800. The molecular formula is C5H12ClN3-2. The van der Waals surface area contributed by atoms with Gasteiger partial charge in [-0.3, -0.25) is 0 Å². The van der Waals surface area contributed by atoms with Crippen LogP contribution in [-0.4, -0.2) is 6.54 Å².